The van der Waals surface area contributed by atoms with E-state index in [0.29, 0.717) is 0 Å². The van der Waals surface area contributed by atoms with Crippen molar-refractivity contribution in [3.8, 4) is 11.1 Å². The maximum atomic E-state index is 6.68. The van der Waals surface area contributed by atoms with Gasteiger partial charge in [-0.3, -0.25) is 0 Å². The normalized spacial score (nSPS) is 20.8. The molecular weight excluding hydrogens is 898 g/mol. The van der Waals surface area contributed by atoms with Crippen LogP contribution >= 0.6 is 0 Å². The smallest absolute Gasteiger partial charge is 0.252 e. The Hall–Kier alpha value is -6.98. The first-order chi connectivity index (χ1) is 35.4. The highest BCUT2D eigenvalue weighted by Gasteiger charge is 2.61. The fraction of sp³-hybridized carbons (Fsp3) is 0.304. The molecule has 2 atom stereocenters. The molecule has 0 bridgehead atoms. The summed E-state index contributed by atoms with van der Waals surface area (Å²) in [6.45, 7) is 24.3. The summed E-state index contributed by atoms with van der Waals surface area (Å²) in [5.41, 5.74) is 25.4. The molecule has 74 heavy (non-hydrogen) atoms. The second-order valence-electron chi connectivity index (χ2n) is 25.6. The molecule has 4 nitrogen and oxygen atoms in total. The first-order valence-corrected chi connectivity index (χ1v) is 27.5. The molecule has 9 aromatic rings. The second-order valence-corrected chi connectivity index (χ2v) is 25.6. The average molecular weight is 966 g/mol. The van der Waals surface area contributed by atoms with E-state index in [1.165, 1.54) is 116 Å². The average Bonchev–Trinajstić information content (AvgIpc) is 3.86. The molecule has 14 rings (SSSR count). The van der Waals surface area contributed by atoms with Crippen molar-refractivity contribution >= 4 is 90.5 Å². The maximum Gasteiger partial charge on any atom is 0.252 e. The van der Waals surface area contributed by atoms with Gasteiger partial charge in [-0.2, -0.15) is 0 Å². The maximum absolute atomic E-state index is 6.68. The van der Waals surface area contributed by atoms with E-state index in [4.69, 9.17) is 4.42 Å². The van der Waals surface area contributed by atoms with Gasteiger partial charge in [0.1, 0.15) is 11.2 Å². The molecule has 0 N–H and O–H groups in total. The van der Waals surface area contributed by atoms with Gasteiger partial charge < -0.3 is 19.1 Å². The number of rotatable bonds is 5. The van der Waals surface area contributed by atoms with Crippen LogP contribution in [0.25, 0.3) is 33.1 Å². The Balaban J connectivity index is 1.07. The lowest BCUT2D eigenvalue weighted by Crippen LogP contribution is -2.64. The topological polar surface area (TPSA) is 22.9 Å². The molecule has 2 unspecified atom stereocenters. The molecule has 5 heteroatoms. The van der Waals surface area contributed by atoms with E-state index in [1.807, 2.05) is 0 Å². The van der Waals surface area contributed by atoms with Crippen molar-refractivity contribution in [3.05, 3.63) is 186 Å². The van der Waals surface area contributed by atoms with Gasteiger partial charge in [0.25, 0.3) is 6.71 Å². The van der Waals surface area contributed by atoms with Crippen LogP contribution in [-0.2, 0) is 21.7 Å². The van der Waals surface area contributed by atoms with Crippen LogP contribution in [0.4, 0.5) is 45.5 Å². The van der Waals surface area contributed by atoms with Crippen molar-refractivity contribution in [2.45, 2.75) is 135 Å². The first kappa shape index (κ1) is 45.6. The molecule has 8 aromatic carbocycles. The molecular formula is C69H68BN3O. The van der Waals surface area contributed by atoms with Crippen molar-refractivity contribution in [2.75, 3.05) is 14.7 Å². The lowest BCUT2D eigenvalue weighted by molar-refractivity contribution is 0.195. The molecule has 1 aromatic heterocycles. The lowest BCUT2D eigenvalue weighted by atomic mass is 9.33. The first-order valence-electron chi connectivity index (χ1n) is 27.5. The van der Waals surface area contributed by atoms with Crippen LogP contribution in [0.15, 0.2) is 162 Å². The molecule has 1 saturated carbocycles. The van der Waals surface area contributed by atoms with E-state index in [1.54, 1.807) is 0 Å². The fourth-order valence-electron chi connectivity index (χ4n) is 14.9. The summed E-state index contributed by atoms with van der Waals surface area (Å²) in [5, 5.41) is 2.27. The van der Waals surface area contributed by atoms with Crippen molar-refractivity contribution in [1.82, 2.24) is 0 Å². The quantitative estimate of drug-likeness (QED) is 0.160. The Morgan fingerprint density at radius 3 is 2.03 bits per heavy atom. The summed E-state index contributed by atoms with van der Waals surface area (Å²) >= 11 is 0. The van der Waals surface area contributed by atoms with Gasteiger partial charge in [0, 0.05) is 67.6 Å². The number of furan rings is 1. The number of hydrogen-bond acceptors (Lipinski definition) is 4. The Morgan fingerprint density at radius 2 is 1.22 bits per heavy atom. The van der Waals surface area contributed by atoms with Gasteiger partial charge in [0.05, 0.1) is 11.2 Å². The molecule has 0 spiro atoms. The molecule has 368 valence electrons. The predicted octanol–water partition coefficient (Wildman–Crippen LogP) is 17.0. The number of fused-ring (bicyclic) bond motifs is 11. The molecule has 2 aliphatic carbocycles. The van der Waals surface area contributed by atoms with E-state index in [2.05, 4.69) is 242 Å². The van der Waals surface area contributed by atoms with Crippen molar-refractivity contribution in [1.29, 1.82) is 0 Å². The van der Waals surface area contributed by atoms with Crippen LogP contribution in [0.1, 0.15) is 129 Å². The molecule has 4 heterocycles. The number of hydrogen-bond donors (Lipinski definition) is 0. The van der Waals surface area contributed by atoms with Gasteiger partial charge in [0.15, 0.2) is 0 Å². The predicted molar refractivity (Wildman–Crippen MR) is 315 cm³/mol. The third-order valence-corrected chi connectivity index (χ3v) is 19.2. The minimum atomic E-state index is -0.0468. The van der Waals surface area contributed by atoms with E-state index < -0.39 is 0 Å². The zero-order valence-electron chi connectivity index (χ0n) is 45.1. The summed E-state index contributed by atoms with van der Waals surface area (Å²) in [6, 6.07) is 60.8. The van der Waals surface area contributed by atoms with Gasteiger partial charge in [0.2, 0.25) is 0 Å². The van der Waals surface area contributed by atoms with Crippen molar-refractivity contribution in [3.63, 3.8) is 0 Å². The summed E-state index contributed by atoms with van der Waals surface area (Å²) in [6.07, 6.45) is 7.22. The molecule has 5 aliphatic rings. The monoisotopic (exact) mass is 966 g/mol. The minimum Gasteiger partial charge on any atom is -0.456 e. The third-order valence-electron chi connectivity index (χ3n) is 19.2. The highest BCUT2D eigenvalue weighted by Crippen LogP contribution is 2.62. The van der Waals surface area contributed by atoms with Crippen molar-refractivity contribution in [2.24, 2.45) is 0 Å². The fourth-order valence-corrected chi connectivity index (χ4v) is 14.9. The summed E-state index contributed by atoms with van der Waals surface area (Å²) < 4.78 is 6.68. The van der Waals surface area contributed by atoms with Crippen LogP contribution in [0, 0.1) is 6.92 Å². The standard InChI is InChI=1S/C69H68BN3O/c1-43-37-59-63-60(38-43)73-64-53(68(9)33-16-17-34-69(68,73)10)22-18-23-56(64)70(63)55-31-28-47(41-58(55)72(59)57-32-25-45(65(2,3)4)39-51(57)44-19-12-11-13-20-44)71(46-27-30-52-54(40-46)67(7,8)36-35-66(52,5)6)48-26-29-50-49-21-14-15-24-61(49)74-62(50)42-48/h11-15,18-32,37-42H,16-17,33-36H2,1-10H3. The van der Waals surface area contributed by atoms with E-state index in [-0.39, 0.29) is 33.9 Å². The van der Waals surface area contributed by atoms with E-state index >= 15 is 0 Å². The summed E-state index contributed by atoms with van der Waals surface area (Å²) in [5.74, 6) is 0. The van der Waals surface area contributed by atoms with Crippen LogP contribution in [0.3, 0.4) is 0 Å². The van der Waals surface area contributed by atoms with Crippen LogP contribution < -0.4 is 31.1 Å². The van der Waals surface area contributed by atoms with Gasteiger partial charge >= 0.3 is 0 Å². The molecule has 0 radical (unpaired) electrons. The summed E-state index contributed by atoms with van der Waals surface area (Å²) in [4.78, 5) is 8.03. The van der Waals surface area contributed by atoms with E-state index in [0.717, 1.165) is 45.4 Å². The van der Waals surface area contributed by atoms with Crippen LogP contribution in [-0.4, -0.2) is 12.3 Å². The largest absolute Gasteiger partial charge is 0.456 e. The molecule has 3 aliphatic heterocycles. The zero-order valence-corrected chi connectivity index (χ0v) is 45.1. The Kier molecular flexibility index (Phi) is 9.58. The Morgan fingerprint density at radius 1 is 0.527 bits per heavy atom. The lowest BCUT2D eigenvalue weighted by Gasteiger charge is -2.53. The van der Waals surface area contributed by atoms with Crippen LogP contribution in [0.5, 0.6) is 0 Å². The molecule has 0 amide bonds. The molecule has 1 fully saturated rings. The Labute approximate surface area is 439 Å². The number of aryl methyl sites for hydroxylation is 1. The number of para-hydroxylation sites is 2. The third kappa shape index (κ3) is 6.34. The van der Waals surface area contributed by atoms with Gasteiger partial charge in [-0.1, -0.05) is 153 Å². The minimum absolute atomic E-state index is 0.0324. The SMILES string of the molecule is Cc1cc2c3c(c1)N1c4c(cccc4C4(C)CCCCC14C)B3c1ccc(N(c3ccc4c(c3)C(C)(C)CCC4(C)C)c3ccc4c(c3)oc3ccccc34)cc1N2c1ccc(C(C)(C)C)cc1-c1ccccc1. The second kappa shape index (κ2) is 15.5. The molecule has 0 saturated heterocycles. The zero-order chi connectivity index (χ0) is 50.8. The summed E-state index contributed by atoms with van der Waals surface area (Å²) in [7, 11) is 0. The number of anilines is 8. The highest BCUT2D eigenvalue weighted by atomic mass is 16.3. The number of benzene rings is 8. The van der Waals surface area contributed by atoms with E-state index in [9.17, 15) is 0 Å². The Bertz CT molecular complexity index is 3820. The number of nitrogens with zero attached hydrogens (tertiary/aromatic N) is 3. The van der Waals surface area contributed by atoms with Gasteiger partial charge in [-0.05, 0) is 172 Å². The highest BCUT2D eigenvalue weighted by molar-refractivity contribution is 7.00. The van der Waals surface area contributed by atoms with Crippen molar-refractivity contribution < 1.29 is 4.42 Å². The van der Waals surface area contributed by atoms with Crippen LogP contribution in [0.2, 0.25) is 0 Å². The van der Waals surface area contributed by atoms with Gasteiger partial charge in [-0.15, -0.1) is 0 Å². The van der Waals surface area contributed by atoms with Gasteiger partial charge in [-0.25, -0.2) is 0 Å².